The number of likely N-dealkylation sites (tertiary alicyclic amines) is 1. The number of aryl methyl sites for hydroxylation is 1. The van der Waals surface area contributed by atoms with Crippen molar-refractivity contribution in [1.29, 1.82) is 0 Å². The van der Waals surface area contributed by atoms with Gasteiger partial charge in [0.2, 0.25) is 0 Å². The molecule has 0 aromatic heterocycles. The lowest BCUT2D eigenvalue weighted by molar-refractivity contribution is 0.152. The topological polar surface area (TPSA) is 12.5 Å². The van der Waals surface area contributed by atoms with E-state index < -0.39 is 0 Å². The zero-order valence-corrected chi connectivity index (χ0v) is 14.1. The highest BCUT2D eigenvalue weighted by atomic mass is 16.5. The fraction of sp³-hybridized carbons (Fsp3) is 0.429. The quantitative estimate of drug-likeness (QED) is 0.745. The summed E-state index contributed by atoms with van der Waals surface area (Å²) in [6, 6.07) is 19.0. The molecule has 1 atom stereocenters. The van der Waals surface area contributed by atoms with Gasteiger partial charge in [0.15, 0.2) is 0 Å². The van der Waals surface area contributed by atoms with E-state index in [9.17, 15) is 0 Å². The normalized spacial score (nSPS) is 16.9. The van der Waals surface area contributed by atoms with Crippen molar-refractivity contribution in [3.63, 3.8) is 0 Å². The Kier molecular flexibility index (Phi) is 5.71. The van der Waals surface area contributed by atoms with E-state index in [1.807, 2.05) is 0 Å². The molecular formula is C21H27NO. The van der Waals surface area contributed by atoms with E-state index in [1.165, 1.54) is 43.5 Å². The first-order chi connectivity index (χ1) is 11.3. The Hall–Kier alpha value is -1.80. The lowest BCUT2D eigenvalue weighted by atomic mass is 10.0. The molecule has 23 heavy (non-hydrogen) atoms. The summed E-state index contributed by atoms with van der Waals surface area (Å²) in [4.78, 5) is 2.58. The molecule has 122 valence electrons. The molecule has 2 nitrogen and oxygen atoms in total. The monoisotopic (exact) mass is 309 g/mol. The molecule has 2 aromatic rings. The van der Waals surface area contributed by atoms with Crippen LogP contribution >= 0.6 is 0 Å². The lowest BCUT2D eigenvalue weighted by Gasteiger charge is -2.28. The highest BCUT2D eigenvalue weighted by Crippen LogP contribution is 2.26. The molecule has 0 N–H and O–H groups in total. The third-order valence-electron chi connectivity index (χ3n) is 4.60. The van der Waals surface area contributed by atoms with E-state index in [0.717, 1.165) is 18.7 Å². The maximum Gasteiger partial charge on any atom is 0.125 e. The van der Waals surface area contributed by atoms with Gasteiger partial charge >= 0.3 is 0 Å². The summed E-state index contributed by atoms with van der Waals surface area (Å²) in [5.74, 6) is 0.970. The minimum atomic E-state index is 0.125. The molecule has 2 aromatic carbocycles. The molecule has 1 saturated heterocycles. The summed E-state index contributed by atoms with van der Waals surface area (Å²) < 4.78 is 6.35. The molecule has 0 saturated carbocycles. The second-order valence-corrected chi connectivity index (χ2v) is 6.52. The van der Waals surface area contributed by atoms with Gasteiger partial charge in [-0.25, -0.2) is 0 Å². The first-order valence-corrected chi connectivity index (χ1v) is 8.82. The van der Waals surface area contributed by atoms with Crippen LogP contribution in [-0.2, 0) is 0 Å². The smallest absolute Gasteiger partial charge is 0.125 e. The standard InChI is InChI=1S/C21H27NO/c1-18-9-8-12-20(17-18)23-21(19-10-4-2-5-11-19)13-16-22-14-6-3-7-15-22/h2,4-5,8-12,17,21H,3,6-7,13-16H2,1H3. The molecule has 0 aliphatic carbocycles. The number of nitrogens with zero attached hydrogens (tertiary/aromatic N) is 1. The Morgan fingerprint density at radius 3 is 2.48 bits per heavy atom. The number of hydrogen-bond donors (Lipinski definition) is 0. The van der Waals surface area contributed by atoms with Gasteiger partial charge in [0.25, 0.3) is 0 Å². The number of ether oxygens (including phenoxy) is 1. The Balaban J connectivity index is 1.68. The Labute approximate surface area is 140 Å². The van der Waals surface area contributed by atoms with Crippen LogP contribution in [0.5, 0.6) is 5.75 Å². The van der Waals surface area contributed by atoms with Crippen molar-refractivity contribution in [1.82, 2.24) is 4.90 Å². The third-order valence-corrected chi connectivity index (χ3v) is 4.60. The molecule has 3 rings (SSSR count). The van der Waals surface area contributed by atoms with Crippen LogP contribution in [0.2, 0.25) is 0 Å². The van der Waals surface area contributed by atoms with E-state index >= 15 is 0 Å². The van der Waals surface area contributed by atoms with Crippen molar-refractivity contribution in [2.45, 2.75) is 38.7 Å². The molecule has 0 spiro atoms. The zero-order valence-electron chi connectivity index (χ0n) is 14.1. The SMILES string of the molecule is Cc1cccc(OC(CCN2CCCCC2)c2ccccc2)c1. The summed E-state index contributed by atoms with van der Waals surface area (Å²) in [6.45, 7) is 5.71. The van der Waals surface area contributed by atoms with Gasteiger partial charge in [0, 0.05) is 13.0 Å². The second-order valence-electron chi connectivity index (χ2n) is 6.52. The molecule has 1 unspecified atom stereocenters. The van der Waals surface area contributed by atoms with Gasteiger partial charge in [-0.15, -0.1) is 0 Å². The van der Waals surface area contributed by atoms with Crippen molar-refractivity contribution in [3.05, 3.63) is 65.7 Å². The predicted molar refractivity (Wildman–Crippen MR) is 95.9 cm³/mol. The zero-order chi connectivity index (χ0) is 15.9. The van der Waals surface area contributed by atoms with Gasteiger partial charge in [-0.05, 0) is 56.1 Å². The number of rotatable bonds is 6. The number of piperidine rings is 1. The number of benzene rings is 2. The molecular weight excluding hydrogens is 282 g/mol. The summed E-state index contributed by atoms with van der Waals surface area (Å²) in [6.07, 6.45) is 5.24. The van der Waals surface area contributed by atoms with E-state index in [-0.39, 0.29) is 6.10 Å². The maximum atomic E-state index is 6.35. The Bertz CT molecular complexity index is 590. The van der Waals surface area contributed by atoms with Gasteiger partial charge < -0.3 is 9.64 Å². The van der Waals surface area contributed by atoms with Crippen LogP contribution in [0.15, 0.2) is 54.6 Å². The van der Waals surface area contributed by atoms with Crippen molar-refractivity contribution >= 4 is 0 Å². The first kappa shape index (κ1) is 16.1. The summed E-state index contributed by atoms with van der Waals surface area (Å²) in [7, 11) is 0. The molecule has 1 aliphatic heterocycles. The van der Waals surface area contributed by atoms with Gasteiger partial charge in [-0.1, -0.05) is 48.9 Å². The Morgan fingerprint density at radius 1 is 0.957 bits per heavy atom. The van der Waals surface area contributed by atoms with Crippen LogP contribution < -0.4 is 4.74 Å². The maximum absolute atomic E-state index is 6.35. The molecule has 2 heteroatoms. The van der Waals surface area contributed by atoms with E-state index in [1.54, 1.807) is 0 Å². The van der Waals surface area contributed by atoms with Crippen molar-refractivity contribution < 1.29 is 4.74 Å². The summed E-state index contributed by atoms with van der Waals surface area (Å²) in [5.41, 5.74) is 2.51. The van der Waals surface area contributed by atoms with Crippen molar-refractivity contribution in [2.75, 3.05) is 19.6 Å². The summed E-state index contributed by atoms with van der Waals surface area (Å²) >= 11 is 0. The van der Waals surface area contributed by atoms with E-state index in [2.05, 4.69) is 66.4 Å². The minimum absolute atomic E-state index is 0.125. The fourth-order valence-electron chi connectivity index (χ4n) is 3.30. The molecule has 0 bridgehead atoms. The first-order valence-electron chi connectivity index (χ1n) is 8.82. The predicted octanol–water partition coefficient (Wildman–Crippen LogP) is 4.99. The third kappa shape index (κ3) is 4.84. The molecule has 0 amide bonds. The fourth-order valence-corrected chi connectivity index (χ4v) is 3.30. The van der Waals surface area contributed by atoms with Crippen LogP contribution in [0.1, 0.15) is 42.9 Å². The number of hydrogen-bond acceptors (Lipinski definition) is 2. The molecule has 1 heterocycles. The van der Waals surface area contributed by atoms with Crippen LogP contribution in [-0.4, -0.2) is 24.5 Å². The van der Waals surface area contributed by atoms with Gasteiger partial charge in [0.1, 0.15) is 11.9 Å². The average Bonchev–Trinajstić information content (AvgIpc) is 2.60. The van der Waals surface area contributed by atoms with Gasteiger partial charge in [0.05, 0.1) is 0 Å². The van der Waals surface area contributed by atoms with Crippen molar-refractivity contribution in [2.24, 2.45) is 0 Å². The molecule has 1 fully saturated rings. The van der Waals surface area contributed by atoms with Gasteiger partial charge in [-0.3, -0.25) is 0 Å². The van der Waals surface area contributed by atoms with Crippen LogP contribution in [0.25, 0.3) is 0 Å². The lowest BCUT2D eigenvalue weighted by Crippen LogP contribution is -2.31. The van der Waals surface area contributed by atoms with Gasteiger partial charge in [-0.2, -0.15) is 0 Å². The van der Waals surface area contributed by atoms with Crippen LogP contribution in [0.4, 0.5) is 0 Å². The van der Waals surface area contributed by atoms with Crippen LogP contribution in [0, 0.1) is 6.92 Å². The van der Waals surface area contributed by atoms with Crippen molar-refractivity contribution in [3.8, 4) is 5.75 Å². The molecule has 1 aliphatic rings. The van der Waals surface area contributed by atoms with Crippen LogP contribution in [0.3, 0.4) is 0 Å². The average molecular weight is 309 g/mol. The Morgan fingerprint density at radius 2 is 1.74 bits per heavy atom. The summed E-state index contributed by atoms with van der Waals surface area (Å²) in [5, 5.41) is 0. The second kappa shape index (κ2) is 8.16. The molecule has 0 radical (unpaired) electrons. The minimum Gasteiger partial charge on any atom is -0.486 e. The highest BCUT2D eigenvalue weighted by molar-refractivity contribution is 5.29. The largest absolute Gasteiger partial charge is 0.486 e. The highest BCUT2D eigenvalue weighted by Gasteiger charge is 2.17. The van der Waals surface area contributed by atoms with E-state index in [0.29, 0.717) is 0 Å². The van der Waals surface area contributed by atoms with E-state index in [4.69, 9.17) is 4.74 Å².